The van der Waals surface area contributed by atoms with E-state index in [1.165, 1.54) is 33.4 Å². The molecule has 0 saturated heterocycles. The molecule has 428 valence electrons. The van der Waals surface area contributed by atoms with Crippen LogP contribution in [0.4, 0.5) is 34.1 Å². The van der Waals surface area contributed by atoms with Crippen LogP contribution in [0.15, 0.2) is 288 Å². The fourth-order valence-electron chi connectivity index (χ4n) is 13.9. The number of aromatic nitrogens is 2. The van der Waals surface area contributed by atoms with E-state index in [4.69, 9.17) is 18.8 Å². The van der Waals surface area contributed by atoms with E-state index < -0.39 is 5.41 Å². The quantitative estimate of drug-likeness (QED) is 0.136. The third-order valence-electron chi connectivity index (χ3n) is 18.3. The molecule has 2 aliphatic carbocycles. The van der Waals surface area contributed by atoms with Gasteiger partial charge in [0.2, 0.25) is 11.8 Å². The first kappa shape index (κ1) is 53.6. The zero-order chi connectivity index (χ0) is 60.2. The van der Waals surface area contributed by atoms with Gasteiger partial charge in [-0.25, -0.2) is 9.97 Å². The van der Waals surface area contributed by atoms with Crippen LogP contribution in [0, 0.1) is 0 Å². The number of anilines is 6. The molecule has 89 heavy (non-hydrogen) atoms. The second kappa shape index (κ2) is 20.7. The highest BCUT2D eigenvalue weighted by Crippen LogP contribution is 2.67. The first-order valence-electron chi connectivity index (χ1n) is 30.8. The molecule has 6 nitrogen and oxygen atoms in total. The molecule has 0 radical (unpaired) electrons. The summed E-state index contributed by atoms with van der Waals surface area (Å²) in [6, 6.07) is 101. The van der Waals surface area contributed by atoms with Gasteiger partial charge in [-0.1, -0.05) is 236 Å². The highest BCUT2D eigenvalue weighted by Gasteiger charge is 2.55. The summed E-state index contributed by atoms with van der Waals surface area (Å²) in [5.41, 5.74) is 24.9. The Labute approximate surface area is 519 Å². The van der Waals surface area contributed by atoms with Crippen molar-refractivity contribution in [3.63, 3.8) is 0 Å². The number of hydrogen-bond donors (Lipinski definition) is 0. The van der Waals surface area contributed by atoms with Crippen LogP contribution in [0.1, 0.15) is 74.9 Å². The molecule has 0 amide bonds. The van der Waals surface area contributed by atoms with Gasteiger partial charge in [0.1, 0.15) is 11.0 Å². The van der Waals surface area contributed by atoms with E-state index in [0.29, 0.717) is 22.9 Å². The molecule has 6 heteroatoms. The predicted octanol–water partition coefficient (Wildman–Crippen LogP) is 22.5. The van der Waals surface area contributed by atoms with Gasteiger partial charge in [0.15, 0.2) is 11.2 Å². The maximum Gasteiger partial charge on any atom is 0.227 e. The molecule has 1 spiro atoms. The van der Waals surface area contributed by atoms with Crippen LogP contribution in [0.25, 0.3) is 89.6 Å². The van der Waals surface area contributed by atoms with Crippen molar-refractivity contribution in [2.75, 3.05) is 9.80 Å². The Morgan fingerprint density at radius 3 is 0.933 bits per heavy atom. The summed E-state index contributed by atoms with van der Waals surface area (Å²) in [4.78, 5) is 16.1. The standard InChI is InChI=1S/C83H64N4O2/c1-81(2,3)59-39-47-63(48-40-59)86(61-43-35-55(36-44-61)53-23-11-7-12-24-53)71-51-69-73(77-75(71)84-79(88-77)57-27-15-9-16-28-57)74-70(83(69)67-33-21-19-31-65(67)66-32-20-22-34-68(66)83)52-72(76-78(74)89-80(85-76)58-29-17-10-18-30-58)87(64-49-41-60(42-50-64)82(4,5)6)62-45-37-56(38-46-62)54-25-13-8-14-26-54/h7-52H,1-6H3. The van der Waals surface area contributed by atoms with Crippen LogP contribution >= 0.6 is 0 Å². The topological polar surface area (TPSA) is 58.5 Å². The zero-order valence-corrected chi connectivity index (χ0v) is 50.7. The Morgan fingerprint density at radius 1 is 0.303 bits per heavy atom. The number of nitrogens with zero attached hydrogens (tertiary/aromatic N) is 4. The molecule has 2 heterocycles. The van der Waals surface area contributed by atoms with E-state index in [2.05, 4.69) is 294 Å². The Bertz CT molecular complexity index is 4660. The molecule has 2 aliphatic rings. The third kappa shape index (κ3) is 8.76. The number of rotatable bonds is 10. The van der Waals surface area contributed by atoms with Crippen LogP contribution in [0.3, 0.4) is 0 Å². The molecule has 0 fully saturated rings. The van der Waals surface area contributed by atoms with E-state index in [-0.39, 0.29) is 10.8 Å². The van der Waals surface area contributed by atoms with Crippen LogP contribution in [-0.2, 0) is 16.2 Å². The number of hydrogen-bond acceptors (Lipinski definition) is 6. The molecule has 12 aromatic carbocycles. The van der Waals surface area contributed by atoms with Crippen molar-refractivity contribution >= 4 is 56.3 Å². The largest absolute Gasteiger partial charge is 0.435 e. The van der Waals surface area contributed by atoms with Crippen molar-refractivity contribution in [1.29, 1.82) is 0 Å². The van der Waals surface area contributed by atoms with Crippen LogP contribution in [0.2, 0.25) is 0 Å². The Kier molecular flexibility index (Phi) is 12.5. The fourth-order valence-corrected chi connectivity index (χ4v) is 13.9. The van der Waals surface area contributed by atoms with Crippen LogP contribution in [0.5, 0.6) is 0 Å². The molecular formula is C83H64N4O2. The van der Waals surface area contributed by atoms with E-state index >= 15 is 0 Å². The van der Waals surface area contributed by atoms with Gasteiger partial charge in [-0.2, -0.15) is 0 Å². The molecule has 0 saturated carbocycles. The van der Waals surface area contributed by atoms with Gasteiger partial charge >= 0.3 is 0 Å². The summed E-state index contributed by atoms with van der Waals surface area (Å²) in [5.74, 6) is 1.04. The summed E-state index contributed by atoms with van der Waals surface area (Å²) in [7, 11) is 0. The lowest BCUT2D eigenvalue weighted by Gasteiger charge is -2.33. The van der Waals surface area contributed by atoms with E-state index in [1.54, 1.807) is 0 Å². The van der Waals surface area contributed by atoms with Crippen molar-refractivity contribution in [3.05, 3.63) is 312 Å². The zero-order valence-electron chi connectivity index (χ0n) is 50.7. The van der Waals surface area contributed by atoms with Gasteiger partial charge < -0.3 is 18.6 Å². The van der Waals surface area contributed by atoms with Crippen molar-refractivity contribution in [2.45, 2.75) is 57.8 Å². The monoisotopic (exact) mass is 1150 g/mol. The molecular weight excluding hydrogens is 1080 g/mol. The van der Waals surface area contributed by atoms with Gasteiger partial charge in [-0.05, 0) is 163 Å². The Morgan fingerprint density at radius 2 is 0.596 bits per heavy atom. The van der Waals surface area contributed by atoms with Gasteiger partial charge in [0, 0.05) is 45.0 Å². The Hall–Kier alpha value is -10.8. The first-order valence-corrected chi connectivity index (χ1v) is 30.8. The molecule has 0 aliphatic heterocycles. The van der Waals surface area contributed by atoms with Crippen molar-refractivity contribution in [2.24, 2.45) is 0 Å². The lowest BCUT2D eigenvalue weighted by Crippen LogP contribution is -2.26. The van der Waals surface area contributed by atoms with Crippen molar-refractivity contribution < 1.29 is 8.83 Å². The average Bonchev–Trinajstić information content (AvgIpc) is 1.50. The minimum absolute atomic E-state index is 0.0675. The molecule has 2 aromatic heterocycles. The summed E-state index contributed by atoms with van der Waals surface area (Å²) in [5, 5.41) is 0. The van der Waals surface area contributed by atoms with Gasteiger partial charge in [0.25, 0.3) is 0 Å². The van der Waals surface area contributed by atoms with E-state index in [0.717, 1.165) is 101 Å². The molecule has 0 N–H and O–H groups in total. The first-order chi connectivity index (χ1) is 43.4. The lowest BCUT2D eigenvalue weighted by molar-refractivity contribution is 0.590. The molecule has 0 unspecified atom stereocenters. The summed E-state index contributed by atoms with van der Waals surface area (Å²) in [6.45, 7) is 13.6. The predicted molar refractivity (Wildman–Crippen MR) is 366 cm³/mol. The smallest absolute Gasteiger partial charge is 0.227 e. The second-order valence-corrected chi connectivity index (χ2v) is 25.7. The number of benzene rings is 12. The Balaban J connectivity index is 1.05. The van der Waals surface area contributed by atoms with Gasteiger partial charge in [-0.15, -0.1) is 0 Å². The van der Waals surface area contributed by atoms with E-state index in [9.17, 15) is 0 Å². The van der Waals surface area contributed by atoms with Crippen molar-refractivity contribution in [1.82, 2.24) is 9.97 Å². The van der Waals surface area contributed by atoms with Crippen LogP contribution in [-0.4, -0.2) is 9.97 Å². The minimum Gasteiger partial charge on any atom is -0.435 e. The van der Waals surface area contributed by atoms with Crippen LogP contribution < -0.4 is 9.80 Å². The molecule has 16 rings (SSSR count). The molecule has 0 atom stereocenters. The maximum absolute atomic E-state index is 7.57. The minimum atomic E-state index is -0.930. The van der Waals surface area contributed by atoms with E-state index in [1.807, 2.05) is 36.4 Å². The van der Waals surface area contributed by atoms with Gasteiger partial charge in [0.05, 0.1) is 16.8 Å². The molecule has 14 aromatic rings. The lowest BCUT2D eigenvalue weighted by atomic mass is 9.70. The number of oxazole rings is 2. The maximum atomic E-state index is 7.57. The summed E-state index contributed by atoms with van der Waals surface area (Å²) >= 11 is 0. The normalized spacial score (nSPS) is 12.9. The van der Waals surface area contributed by atoms with Crippen molar-refractivity contribution in [3.8, 4) is 67.4 Å². The number of fused-ring (bicyclic) bond motifs is 14. The fraction of sp³-hybridized carbons (Fsp3) is 0.108. The molecule has 0 bridgehead atoms. The summed E-state index contributed by atoms with van der Waals surface area (Å²) in [6.07, 6.45) is 0. The highest BCUT2D eigenvalue weighted by atomic mass is 16.4. The average molecular weight is 1150 g/mol. The highest BCUT2D eigenvalue weighted by molar-refractivity contribution is 6.16. The SMILES string of the molecule is CC(C)(C)c1ccc(N(c2ccc(-c3ccccc3)cc2)c2cc3c(c4oc(-c5ccccc5)nc24)-c2c(cc(N(c4ccc(-c5ccccc5)cc4)c4ccc(C(C)(C)C)cc4)c4nc(-c5ccccc5)oc24)C32c3ccccc3-c3ccccc32)cc1. The van der Waals surface area contributed by atoms with Gasteiger partial charge in [-0.3, -0.25) is 0 Å². The third-order valence-corrected chi connectivity index (χ3v) is 18.3. The summed E-state index contributed by atoms with van der Waals surface area (Å²) < 4.78 is 15.1. The second-order valence-electron chi connectivity index (χ2n) is 25.7.